The normalized spacial score (nSPS) is 21.9. The highest BCUT2D eigenvalue weighted by molar-refractivity contribution is 5.81. The van der Waals surface area contributed by atoms with E-state index in [0.717, 1.165) is 32.6 Å². The first-order valence-corrected chi connectivity index (χ1v) is 9.52. The van der Waals surface area contributed by atoms with Gasteiger partial charge >= 0.3 is 0 Å². The minimum Gasteiger partial charge on any atom is -0.366 e. The molecule has 1 aromatic heterocycles. The molecule has 8 heteroatoms. The second-order valence-corrected chi connectivity index (χ2v) is 7.05. The van der Waals surface area contributed by atoms with Crippen molar-refractivity contribution in [1.82, 2.24) is 25.1 Å². The Morgan fingerprint density at radius 1 is 1.22 bits per heavy atom. The van der Waals surface area contributed by atoms with Crippen LogP contribution >= 0.6 is 0 Å². The summed E-state index contributed by atoms with van der Waals surface area (Å²) in [5, 5.41) is 3.90. The first-order chi connectivity index (χ1) is 13.2. The third-order valence-corrected chi connectivity index (χ3v) is 5.11. The number of para-hydroxylation sites is 1. The van der Waals surface area contributed by atoms with E-state index in [-0.39, 0.29) is 11.5 Å². The number of amides is 1. The molecule has 2 fully saturated rings. The Labute approximate surface area is 157 Å². The zero-order valence-corrected chi connectivity index (χ0v) is 15.3. The number of aromatic amines is 1. The molecule has 2 saturated heterocycles. The number of hydrogen-bond donors (Lipinski definition) is 2. The monoisotopic (exact) mass is 371 g/mol. The van der Waals surface area contributed by atoms with Crippen molar-refractivity contribution >= 4 is 16.8 Å². The van der Waals surface area contributed by atoms with Crippen molar-refractivity contribution in [3.05, 3.63) is 40.4 Å². The van der Waals surface area contributed by atoms with Crippen molar-refractivity contribution < 1.29 is 9.53 Å². The van der Waals surface area contributed by atoms with Crippen LogP contribution in [-0.2, 0) is 16.1 Å². The number of ether oxygens (including phenoxy) is 1. The van der Waals surface area contributed by atoms with Gasteiger partial charge < -0.3 is 19.9 Å². The average Bonchev–Trinajstić information content (AvgIpc) is 2.97. The van der Waals surface area contributed by atoms with Crippen molar-refractivity contribution in [2.45, 2.75) is 19.1 Å². The fourth-order valence-corrected chi connectivity index (χ4v) is 3.69. The van der Waals surface area contributed by atoms with Gasteiger partial charge in [-0.05, 0) is 25.1 Å². The fraction of sp³-hybridized carbons (Fsp3) is 0.526. The number of fused-ring (bicyclic) bond motifs is 1. The van der Waals surface area contributed by atoms with E-state index in [1.807, 2.05) is 23.1 Å². The predicted octanol–water partition coefficient (Wildman–Crippen LogP) is -0.0542. The molecule has 2 aromatic rings. The zero-order chi connectivity index (χ0) is 18.6. The van der Waals surface area contributed by atoms with Crippen molar-refractivity contribution in [1.29, 1.82) is 0 Å². The summed E-state index contributed by atoms with van der Waals surface area (Å²) in [4.78, 5) is 36.5. The van der Waals surface area contributed by atoms with Gasteiger partial charge in [0, 0.05) is 32.7 Å². The topological polar surface area (TPSA) is 90.6 Å². The van der Waals surface area contributed by atoms with Crippen LogP contribution < -0.4 is 10.9 Å². The van der Waals surface area contributed by atoms with Crippen LogP contribution in [0.3, 0.4) is 0 Å². The van der Waals surface area contributed by atoms with E-state index in [2.05, 4.69) is 20.2 Å². The van der Waals surface area contributed by atoms with Gasteiger partial charge in [0.15, 0.2) is 0 Å². The van der Waals surface area contributed by atoms with Crippen molar-refractivity contribution in [2.24, 2.45) is 0 Å². The van der Waals surface area contributed by atoms with Crippen LogP contribution in [-0.4, -0.2) is 77.7 Å². The van der Waals surface area contributed by atoms with Gasteiger partial charge in [-0.2, -0.15) is 0 Å². The van der Waals surface area contributed by atoms with Gasteiger partial charge in [0.25, 0.3) is 11.5 Å². The Balaban J connectivity index is 1.44. The summed E-state index contributed by atoms with van der Waals surface area (Å²) in [6.45, 7) is 5.48. The van der Waals surface area contributed by atoms with E-state index < -0.39 is 6.10 Å². The molecular formula is C19H25N5O3. The van der Waals surface area contributed by atoms with Crippen LogP contribution in [0.25, 0.3) is 10.9 Å². The first-order valence-electron chi connectivity index (χ1n) is 9.52. The number of benzene rings is 1. The summed E-state index contributed by atoms with van der Waals surface area (Å²) >= 11 is 0. The highest BCUT2D eigenvalue weighted by atomic mass is 16.5. The highest BCUT2D eigenvalue weighted by Crippen LogP contribution is 2.13. The number of carbonyl (C=O) groups excluding carboxylic acids is 1. The molecule has 0 saturated carbocycles. The molecule has 144 valence electrons. The quantitative estimate of drug-likeness (QED) is 0.786. The molecule has 27 heavy (non-hydrogen) atoms. The maximum absolute atomic E-state index is 12.8. The van der Waals surface area contributed by atoms with Gasteiger partial charge in [-0.3, -0.25) is 14.5 Å². The van der Waals surface area contributed by atoms with Gasteiger partial charge in [0.2, 0.25) is 0 Å². The van der Waals surface area contributed by atoms with Gasteiger partial charge in [-0.15, -0.1) is 0 Å². The third kappa shape index (κ3) is 4.18. The van der Waals surface area contributed by atoms with Gasteiger partial charge in [-0.25, -0.2) is 4.98 Å². The number of morpholine rings is 1. The minimum atomic E-state index is -0.455. The lowest BCUT2D eigenvalue weighted by Gasteiger charge is -2.34. The number of aromatic nitrogens is 2. The van der Waals surface area contributed by atoms with Crippen LogP contribution in [0.2, 0.25) is 0 Å². The lowest BCUT2D eigenvalue weighted by molar-refractivity contribution is -0.149. The van der Waals surface area contributed by atoms with E-state index in [0.29, 0.717) is 43.0 Å². The van der Waals surface area contributed by atoms with E-state index >= 15 is 0 Å². The Bertz CT molecular complexity index is 860. The van der Waals surface area contributed by atoms with E-state index in [1.54, 1.807) is 6.07 Å². The molecule has 2 N–H and O–H groups in total. The molecule has 8 nitrogen and oxygen atoms in total. The van der Waals surface area contributed by atoms with Crippen LogP contribution in [0.5, 0.6) is 0 Å². The number of nitrogens with zero attached hydrogens (tertiary/aromatic N) is 3. The molecule has 1 unspecified atom stereocenters. The SMILES string of the molecule is O=C(C1CN(Cc2nc3ccccc3c(=O)[nH]2)CCO1)N1CCCNCC1. The molecule has 0 bridgehead atoms. The molecule has 0 aliphatic carbocycles. The minimum absolute atomic E-state index is 0.0587. The van der Waals surface area contributed by atoms with Crippen LogP contribution in [0.15, 0.2) is 29.1 Å². The van der Waals surface area contributed by atoms with Gasteiger partial charge in [0.05, 0.1) is 24.1 Å². The standard InChI is InChI=1S/C19H25N5O3/c25-18-14-4-1-2-5-15(14)21-17(22-18)13-23-10-11-27-16(12-23)19(26)24-8-3-6-20-7-9-24/h1-2,4-5,16,20H,3,6-13H2,(H,21,22,25). The second kappa shape index (κ2) is 8.16. The number of H-pyrrole nitrogens is 1. The maximum atomic E-state index is 12.8. The Morgan fingerprint density at radius 3 is 3.04 bits per heavy atom. The third-order valence-electron chi connectivity index (χ3n) is 5.11. The molecule has 0 spiro atoms. The number of hydrogen-bond acceptors (Lipinski definition) is 6. The molecule has 1 amide bonds. The smallest absolute Gasteiger partial charge is 0.258 e. The molecule has 3 heterocycles. The second-order valence-electron chi connectivity index (χ2n) is 7.05. The van der Waals surface area contributed by atoms with Crippen LogP contribution in [0.1, 0.15) is 12.2 Å². The van der Waals surface area contributed by atoms with Crippen molar-refractivity contribution in [2.75, 3.05) is 45.9 Å². The number of carbonyl (C=O) groups is 1. The number of nitrogens with one attached hydrogen (secondary N) is 2. The summed E-state index contributed by atoms with van der Waals surface area (Å²) in [5.41, 5.74) is 0.558. The molecule has 4 rings (SSSR count). The van der Waals surface area contributed by atoms with Gasteiger partial charge in [-0.1, -0.05) is 12.1 Å². The number of rotatable bonds is 3. The summed E-state index contributed by atoms with van der Waals surface area (Å²) in [5.74, 6) is 0.675. The molecule has 1 aromatic carbocycles. The Kier molecular flexibility index (Phi) is 5.47. The Hall–Kier alpha value is -2.29. The van der Waals surface area contributed by atoms with Gasteiger partial charge in [0.1, 0.15) is 11.9 Å². The lowest BCUT2D eigenvalue weighted by Crippen LogP contribution is -2.51. The van der Waals surface area contributed by atoms with E-state index in [9.17, 15) is 9.59 Å². The summed E-state index contributed by atoms with van der Waals surface area (Å²) in [6.07, 6.45) is 0.508. The lowest BCUT2D eigenvalue weighted by atomic mass is 10.2. The van der Waals surface area contributed by atoms with E-state index in [1.165, 1.54) is 0 Å². The van der Waals surface area contributed by atoms with Crippen molar-refractivity contribution in [3.63, 3.8) is 0 Å². The maximum Gasteiger partial charge on any atom is 0.258 e. The fourth-order valence-electron chi connectivity index (χ4n) is 3.69. The average molecular weight is 371 g/mol. The molecule has 0 radical (unpaired) electrons. The summed E-state index contributed by atoms with van der Waals surface area (Å²) < 4.78 is 5.75. The van der Waals surface area contributed by atoms with Crippen molar-refractivity contribution in [3.8, 4) is 0 Å². The van der Waals surface area contributed by atoms with Crippen LogP contribution in [0.4, 0.5) is 0 Å². The van der Waals surface area contributed by atoms with E-state index in [4.69, 9.17) is 4.74 Å². The Morgan fingerprint density at radius 2 is 2.11 bits per heavy atom. The summed E-state index contributed by atoms with van der Waals surface area (Å²) in [7, 11) is 0. The first kappa shape index (κ1) is 18.1. The van der Waals surface area contributed by atoms with Crippen LogP contribution in [0, 0.1) is 0 Å². The molecule has 1 atom stereocenters. The predicted molar refractivity (Wildman–Crippen MR) is 101 cm³/mol. The molecular weight excluding hydrogens is 346 g/mol. The molecule has 2 aliphatic heterocycles. The summed E-state index contributed by atoms with van der Waals surface area (Å²) in [6, 6.07) is 7.31. The zero-order valence-electron chi connectivity index (χ0n) is 15.3. The largest absolute Gasteiger partial charge is 0.366 e. The molecule has 2 aliphatic rings. The highest BCUT2D eigenvalue weighted by Gasteiger charge is 2.30.